The van der Waals surface area contributed by atoms with Gasteiger partial charge in [0, 0.05) is 22.8 Å². The minimum Gasteiger partial charge on any atom is -0.309 e. The molecule has 0 unspecified atom stereocenters. The van der Waals surface area contributed by atoms with Crippen molar-refractivity contribution in [3.8, 4) is 0 Å². The van der Waals surface area contributed by atoms with E-state index in [0.29, 0.717) is 38.7 Å². The molecular weight excluding hydrogens is 431 g/mol. The summed E-state index contributed by atoms with van der Waals surface area (Å²) in [7, 11) is 1.58. The lowest BCUT2D eigenvalue weighted by Crippen LogP contribution is -2.29. The van der Waals surface area contributed by atoms with E-state index in [1.165, 1.54) is 16.3 Å². The van der Waals surface area contributed by atoms with Crippen LogP contribution in [0.1, 0.15) is 11.1 Å². The van der Waals surface area contributed by atoms with Gasteiger partial charge in [0.05, 0.1) is 6.54 Å². The number of nitrogens with one attached hydrogen (secondary N) is 1. The molecule has 4 rings (SSSR count). The molecule has 0 bridgehead atoms. The normalized spacial score (nSPS) is 11.3. The number of hydrogen-bond donors (Lipinski definition) is 1. The fraction of sp³-hybridized carbons (Fsp3) is 0.150. The Morgan fingerprint density at radius 3 is 2.52 bits per heavy atom. The second-order valence-corrected chi connectivity index (χ2v) is 8.26. The van der Waals surface area contributed by atoms with Gasteiger partial charge in [-0.05, 0) is 29.3 Å². The molecule has 9 heteroatoms. The third-order valence-electron chi connectivity index (χ3n) is 4.54. The van der Waals surface area contributed by atoms with Crippen molar-refractivity contribution in [2.24, 2.45) is 7.05 Å². The molecule has 0 spiro atoms. The van der Waals surface area contributed by atoms with E-state index in [0.717, 1.165) is 11.1 Å². The van der Waals surface area contributed by atoms with Gasteiger partial charge < -0.3 is 4.57 Å². The second-order valence-electron chi connectivity index (χ2n) is 6.48. The van der Waals surface area contributed by atoms with Crippen LogP contribution in [0.5, 0.6) is 0 Å². The second kappa shape index (κ2) is 8.10. The van der Waals surface area contributed by atoms with Gasteiger partial charge in [0.1, 0.15) is 0 Å². The summed E-state index contributed by atoms with van der Waals surface area (Å²) in [5, 5.41) is 1.90. The molecule has 0 saturated carbocycles. The monoisotopic (exact) mass is 446 g/mol. The number of aromatic nitrogens is 4. The lowest BCUT2D eigenvalue weighted by molar-refractivity contribution is 0.728. The van der Waals surface area contributed by atoms with Crippen LogP contribution < -0.4 is 11.2 Å². The maximum Gasteiger partial charge on any atom is 0.329 e. The van der Waals surface area contributed by atoms with E-state index in [1.807, 2.05) is 42.5 Å². The number of halogens is 2. The molecule has 0 saturated heterocycles. The van der Waals surface area contributed by atoms with Crippen LogP contribution in [-0.4, -0.2) is 19.1 Å². The molecule has 4 aromatic rings. The number of aromatic amines is 1. The van der Waals surface area contributed by atoms with E-state index in [-0.39, 0.29) is 0 Å². The average molecular weight is 447 g/mol. The molecule has 6 nitrogen and oxygen atoms in total. The number of nitrogens with zero attached hydrogens (tertiary/aromatic N) is 3. The van der Waals surface area contributed by atoms with E-state index in [9.17, 15) is 9.59 Å². The lowest BCUT2D eigenvalue weighted by Gasteiger charge is -2.10. The Kier molecular flexibility index (Phi) is 5.54. The highest BCUT2D eigenvalue weighted by molar-refractivity contribution is 7.98. The molecule has 2 heterocycles. The van der Waals surface area contributed by atoms with Gasteiger partial charge in [0.25, 0.3) is 5.56 Å². The van der Waals surface area contributed by atoms with Gasteiger partial charge in [-0.1, -0.05) is 65.3 Å². The number of imidazole rings is 1. The summed E-state index contributed by atoms with van der Waals surface area (Å²) in [4.78, 5) is 31.5. The minimum atomic E-state index is -0.501. The van der Waals surface area contributed by atoms with Crippen LogP contribution in [0.15, 0.2) is 63.3 Å². The molecule has 0 aliphatic rings. The molecule has 0 amide bonds. The summed E-state index contributed by atoms with van der Waals surface area (Å²) in [6.45, 7) is 0.362. The topological polar surface area (TPSA) is 72.7 Å². The summed E-state index contributed by atoms with van der Waals surface area (Å²) in [5.41, 5.74) is 1.63. The predicted octanol–water partition coefficient (Wildman–Crippen LogP) is 4.07. The molecule has 0 fully saturated rings. The zero-order chi connectivity index (χ0) is 20.5. The van der Waals surface area contributed by atoms with E-state index < -0.39 is 11.2 Å². The van der Waals surface area contributed by atoms with Crippen molar-refractivity contribution in [2.45, 2.75) is 17.5 Å². The van der Waals surface area contributed by atoms with Crippen molar-refractivity contribution < 1.29 is 0 Å². The molecule has 0 atom stereocenters. The first kappa shape index (κ1) is 19.8. The van der Waals surface area contributed by atoms with E-state index >= 15 is 0 Å². The number of benzene rings is 2. The van der Waals surface area contributed by atoms with Gasteiger partial charge in [-0.15, -0.1) is 0 Å². The van der Waals surface area contributed by atoms with Gasteiger partial charge in [0.2, 0.25) is 0 Å². The number of H-pyrrole nitrogens is 1. The predicted molar refractivity (Wildman–Crippen MR) is 117 cm³/mol. The van der Waals surface area contributed by atoms with Crippen molar-refractivity contribution in [1.82, 2.24) is 19.1 Å². The summed E-state index contributed by atoms with van der Waals surface area (Å²) in [6, 6.07) is 15.0. The summed E-state index contributed by atoms with van der Waals surface area (Å²) < 4.78 is 3.14. The first-order valence-corrected chi connectivity index (χ1v) is 10.5. The zero-order valence-corrected chi connectivity index (χ0v) is 17.7. The van der Waals surface area contributed by atoms with E-state index in [4.69, 9.17) is 23.2 Å². The number of fused-ring (bicyclic) bond motifs is 1. The van der Waals surface area contributed by atoms with Crippen molar-refractivity contribution in [3.05, 3.63) is 90.5 Å². The Morgan fingerprint density at radius 1 is 1.07 bits per heavy atom. The third kappa shape index (κ3) is 3.99. The Bertz CT molecular complexity index is 1310. The number of aryl methyl sites for hydroxylation is 1. The fourth-order valence-corrected chi connectivity index (χ4v) is 4.27. The van der Waals surface area contributed by atoms with Gasteiger partial charge in [0.15, 0.2) is 16.3 Å². The fourth-order valence-electron chi connectivity index (χ4n) is 3.00. The molecule has 0 radical (unpaired) electrons. The molecule has 2 aromatic carbocycles. The Labute approximate surface area is 180 Å². The van der Waals surface area contributed by atoms with Gasteiger partial charge >= 0.3 is 5.69 Å². The Balaban J connectivity index is 1.81. The van der Waals surface area contributed by atoms with Crippen LogP contribution in [-0.2, 0) is 19.3 Å². The quantitative estimate of drug-likeness (QED) is 0.468. The first-order chi connectivity index (χ1) is 13.9. The highest BCUT2D eigenvalue weighted by Gasteiger charge is 2.18. The van der Waals surface area contributed by atoms with Crippen LogP contribution in [0, 0.1) is 0 Å². The van der Waals surface area contributed by atoms with Crippen LogP contribution in [0.2, 0.25) is 10.0 Å². The summed E-state index contributed by atoms with van der Waals surface area (Å²) in [6.07, 6.45) is 0. The highest BCUT2D eigenvalue weighted by atomic mass is 35.5. The molecule has 1 N–H and O–H groups in total. The van der Waals surface area contributed by atoms with E-state index in [2.05, 4.69) is 9.97 Å². The smallest absolute Gasteiger partial charge is 0.309 e. The summed E-state index contributed by atoms with van der Waals surface area (Å²) >= 11 is 13.8. The zero-order valence-electron chi connectivity index (χ0n) is 15.4. The van der Waals surface area contributed by atoms with E-state index in [1.54, 1.807) is 17.7 Å². The lowest BCUT2D eigenvalue weighted by atomic mass is 10.2. The first-order valence-electron chi connectivity index (χ1n) is 8.74. The van der Waals surface area contributed by atoms with Crippen LogP contribution in [0.4, 0.5) is 0 Å². The molecule has 0 aliphatic carbocycles. The average Bonchev–Trinajstić information content (AvgIpc) is 3.06. The largest absolute Gasteiger partial charge is 0.329 e. The van der Waals surface area contributed by atoms with Crippen LogP contribution >= 0.6 is 35.0 Å². The molecule has 0 aliphatic heterocycles. The molecule has 2 aromatic heterocycles. The summed E-state index contributed by atoms with van der Waals surface area (Å²) in [5.74, 6) is 0.634. The van der Waals surface area contributed by atoms with Crippen molar-refractivity contribution >= 4 is 46.1 Å². The standard InChI is InChI=1S/C20H16Cl2N4O2S/c1-25-17-16(18(27)24-19(25)28)26(10-13-4-2-3-5-15(13)22)20(23-17)29-11-12-6-8-14(21)9-7-12/h2-9H,10-11H2,1H3,(H,24,27,28). The number of rotatable bonds is 5. The van der Waals surface area contributed by atoms with Crippen LogP contribution in [0.3, 0.4) is 0 Å². The van der Waals surface area contributed by atoms with Crippen molar-refractivity contribution in [3.63, 3.8) is 0 Å². The minimum absolute atomic E-state index is 0.337. The van der Waals surface area contributed by atoms with Gasteiger partial charge in [-0.2, -0.15) is 0 Å². The number of thioether (sulfide) groups is 1. The van der Waals surface area contributed by atoms with Gasteiger partial charge in [-0.3, -0.25) is 14.3 Å². The Morgan fingerprint density at radius 2 is 1.79 bits per heavy atom. The Hall–Kier alpha value is -2.48. The third-order valence-corrected chi connectivity index (χ3v) is 6.21. The van der Waals surface area contributed by atoms with Crippen molar-refractivity contribution in [1.29, 1.82) is 0 Å². The maximum absolute atomic E-state index is 12.6. The van der Waals surface area contributed by atoms with Crippen molar-refractivity contribution in [2.75, 3.05) is 0 Å². The van der Waals surface area contributed by atoms with Gasteiger partial charge in [-0.25, -0.2) is 9.78 Å². The highest BCUT2D eigenvalue weighted by Crippen LogP contribution is 2.27. The maximum atomic E-state index is 12.6. The molecular formula is C20H16Cl2N4O2S. The molecule has 148 valence electrons. The SMILES string of the molecule is Cn1c(=O)[nH]c(=O)c2c1nc(SCc1ccc(Cl)cc1)n2Cc1ccccc1Cl. The molecule has 29 heavy (non-hydrogen) atoms. The van der Waals surface area contributed by atoms with Crippen LogP contribution in [0.25, 0.3) is 11.2 Å². The number of hydrogen-bond acceptors (Lipinski definition) is 4.